The van der Waals surface area contributed by atoms with Crippen LogP contribution in [-0.4, -0.2) is 15.5 Å². The van der Waals surface area contributed by atoms with E-state index in [0.717, 1.165) is 24.8 Å². The third kappa shape index (κ3) is 2.91. The summed E-state index contributed by atoms with van der Waals surface area (Å²) in [5.41, 5.74) is 2.77. The standard InChI is InChI=1S/C16H16ClNO3S/c1-21-16-8-6-13(10-15(16)17)18-22(19,20)14-7-5-11-3-2-4-12(11)9-14/h5-10,18H,2-4H2,1H3. The van der Waals surface area contributed by atoms with Gasteiger partial charge in [0.2, 0.25) is 0 Å². The van der Waals surface area contributed by atoms with Crippen LogP contribution in [0.25, 0.3) is 0 Å². The normalized spacial score (nSPS) is 13.7. The van der Waals surface area contributed by atoms with Gasteiger partial charge in [-0.1, -0.05) is 17.7 Å². The zero-order valence-corrected chi connectivity index (χ0v) is 13.7. The van der Waals surface area contributed by atoms with Crippen molar-refractivity contribution in [2.75, 3.05) is 11.8 Å². The lowest BCUT2D eigenvalue weighted by atomic mass is 10.1. The SMILES string of the molecule is COc1ccc(NS(=O)(=O)c2ccc3c(c2)CCC3)cc1Cl. The van der Waals surface area contributed by atoms with Crippen LogP contribution in [0.3, 0.4) is 0 Å². The van der Waals surface area contributed by atoms with E-state index in [0.29, 0.717) is 16.5 Å². The Labute approximate surface area is 135 Å². The van der Waals surface area contributed by atoms with Gasteiger partial charge >= 0.3 is 0 Å². The molecule has 116 valence electrons. The predicted octanol–water partition coefficient (Wildman–Crippen LogP) is 3.64. The molecule has 0 atom stereocenters. The van der Waals surface area contributed by atoms with Gasteiger partial charge in [0.05, 0.1) is 22.7 Å². The third-order valence-corrected chi connectivity index (χ3v) is 5.46. The minimum Gasteiger partial charge on any atom is -0.495 e. The molecule has 0 amide bonds. The number of hydrogen-bond donors (Lipinski definition) is 1. The third-order valence-electron chi connectivity index (χ3n) is 3.78. The van der Waals surface area contributed by atoms with E-state index in [1.807, 2.05) is 6.07 Å². The molecule has 3 rings (SSSR count). The van der Waals surface area contributed by atoms with Crippen molar-refractivity contribution in [2.24, 2.45) is 0 Å². The predicted molar refractivity (Wildman–Crippen MR) is 87.3 cm³/mol. The number of sulfonamides is 1. The summed E-state index contributed by atoms with van der Waals surface area (Å²) >= 11 is 6.02. The molecule has 0 aromatic heterocycles. The van der Waals surface area contributed by atoms with Gasteiger partial charge in [-0.05, 0) is 60.7 Å². The van der Waals surface area contributed by atoms with Crippen LogP contribution < -0.4 is 9.46 Å². The first-order valence-corrected chi connectivity index (χ1v) is 8.84. The number of methoxy groups -OCH3 is 1. The van der Waals surface area contributed by atoms with Crippen molar-refractivity contribution < 1.29 is 13.2 Å². The Kier molecular flexibility index (Phi) is 4.02. The summed E-state index contributed by atoms with van der Waals surface area (Å²) in [5, 5.41) is 0.358. The Morgan fingerprint density at radius 2 is 1.86 bits per heavy atom. The second-order valence-electron chi connectivity index (χ2n) is 5.24. The number of hydrogen-bond acceptors (Lipinski definition) is 3. The summed E-state index contributed by atoms with van der Waals surface area (Å²) in [6, 6.07) is 10.1. The fraction of sp³-hybridized carbons (Fsp3) is 0.250. The highest BCUT2D eigenvalue weighted by atomic mass is 35.5. The van der Waals surface area contributed by atoms with Crippen LogP contribution in [-0.2, 0) is 22.9 Å². The molecule has 1 aliphatic rings. The molecule has 0 spiro atoms. The van der Waals surface area contributed by atoms with Crippen molar-refractivity contribution in [3.63, 3.8) is 0 Å². The lowest BCUT2D eigenvalue weighted by molar-refractivity contribution is 0.415. The van der Waals surface area contributed by atoms with Crippen molar-refractivity contribution in [1.82, 2.24) is 0 Å². The highest BCUT2D eigenvalue weighted by Crippen LogP contribution is 2.29. The van der Waals surface area contributed by atoms with Crippen molar-refractivity contribution in [3.8, 4) is 5.75 Å². The molecule has 1 aliphatic carbocycles. The minimum absolute atomic E-state index is 0.278. The van der Waals surface area contributed by atoms with Gasteiger partial charge in [0.1, 0.15) is 5.75 Å². The van der Waals surface area contributed by atoms with E-state index in [1.165, 1.54) is 18.7 Å². The van der Waals surface area contributed by atoms with Crippen LogP contribution in [0.15, 0.2) is 41.3 Å². The molecule has 0 heterocycles. The number of benzene rings is 2. The van der Waals surface area contributed by atoms with Gasteiger partial charge in [-0.2, -0.15) is 0 Å². The number of aryl methyl sites for hydroxylation is 2. The molecule has 0 saturated heterocycles. The first-order chi connectivity index (χ1) is 10.5. The van der Waals surface area contributed by atoms with Gasteiger partial charge in [0.25, 0.3) is 10.0 Å². The van der Waals surface area contributed by atoms with E-state index in [9.17, 15) is 8.42 Å². The monoisotopic (exact) mass is 337 g/mol. The molecule has 6 heteroatoms. The van der Waals surface area contributed by atoms with Crippen molar-refractivity contribution >= 4 is 27.3 Å². The Hall–Kier alpha value is -1.72. The van der Waals surface area contributed by atoms with E-state index < -0.39 is 10.0 Å². The Balaban J connectivity index is 1.89. The zero-order valence-electron chi connectivity index (χ0n) is 12.1. The van der Waals surface area contributed by atoms with Crippen LogP contribution in [0.5, 0.6) is 5.75 Å². The largest absolute Gasteiger partial charge is 0.495 e. The maximum absolute atomic E-state index is 12.5. The fourth-order valence-corrected chi connectivity index (χ4v) is 4.02. The molecule has 0 unspecified atom stereocenters. The molecule has 0 fully saturated rings. The number of fused-ring (bicyclic) bond motifs is 1. The fourth-order valence-electron chi connectivity index (χ4n) is 2.66. The topological polar surface area (TPSA) is 55.4 Å². The Morgan fingerprint density at radius 1 is 1.09 bits per heavy atom. The molecule has 0 aliphatic heterocycles. The molecule has 2 aromatic carbocycles. The molecule has 22 heavy (non-hydrogen) atoms. The number of anilines is 1. The van der Waals surface area contributed by atoms with Gasteiger partial charge < -0.3 is 4.74 Å². The molecule has 0 radical (unpaired) electrons. The van der Waals surface area contributed by atoms with Gasteiger partial charge in [-0.15, -0.1) is 0 Å². The zero-order chi connectivity index (χ0) is 15.7. The molecule has 0 bridgehead atoms. The van der Waals surface area contributed by atoms with Crippen molar-refractivity contribution in [3.05, 3.63) is 52.5 Å². The van der Waals surface area contributed by atoms with Gasteiger partial charge in [-0.25, -0.2) is 8.42 Å². The second kappa shape index (κ2) is 5.82. The van der Waals surface area contributed by atoms with Crippen molar-refractivity contribution in [1.29, 1.82) is 0 Å². The maximum Gasteiger partial charge on any atom is 0.261 e. The van der Waals surface area contributed by atoms with Gasteiger partial charge in [0, 0.05) is 0 Å². The van der Waals surface area contributed by atoms with Crippen LogP contribution in [0.4, 0.5) is 5.69 Å². The quantitative estimate of drug-likeness (QED) is 0.926. The van der Waals surface area contributed by atoms with Crippen LogP contribution in [0.1, 0.15) is 17.5 Å². The number of rotatable bonds is 4. The smallest absolute Gasteiger partial charge is 0.261 e. The number of halogens is 1. The first-order valence-electron chi connectivity index (χ1n) is 6.98. The molecular weight excluding hydrogens is 322 g/mol. The van der Waals surface area contributed by atoms with Gasteiger partial charge in [0.15, 0.2) is 0 Å². The summed E-state index contributed by atoms with van der Waals surface area (Å²) in [6.45, 7) is 0. The molecule has 0 saturated carbocycles. The molecule has 4 nitrogen and oxygen atoms in total. The first kappa shape index (κ1) is 15.2. The number of nitrogens with one attached hydrogen (secondary N) is 1. The maximum atomic E-state index is 12.5. The summed E-state index contributed by atoms with van der Waals surface area (Å²) in [5.74, 6) is 0.502. The average Bonchev–Trinajstić information content (AvgIpc) is 2.94. The molecular formula is C16H16ClNO3S. The minimum atomic E-state index is -3.62. The highest BCUT2D eigenvalue weighted by Gasteiger charge is 2.19. The second-order valence-corrected chi connectivity index (χ2v) is 7.33. The lowest BCUT2D eigenvalue weighted by Crippen LogP contribution is -2.13. The molecule has 1 N–H and O–H groups in total. The van der Waals surface area contributed by atoms with E-state index in [2.05, 4.69) is 4.72 Å². The van der Waals surface area contributed by atoms with E-state index in [-0.39, 0.29) is 4.90 Å². The Morgan fingerprint density at radius 3 is 2.59 bits per heavy atom. The lowest BCUT2D eigenvalue weighted by Gasteiger charge is -2.11. The summed E-state index contributed by atoms with van der Waals surface area (Å²) in [7, 11) is -2.11. The van der Waals surface area contributed by atoms with Crippen LogP contribution in [0.2, 0.25) is 5.02 Å². The van der Waals surface area contributed by atoms with Crippen molar-refractivity contribution in [2.45, 2.75) is 24.2 Å². The summed E-state index contributed by atoms with van der Waals surface area (Å²) in [4.78, 5) is 0.278. The highest BCUT2D eigenvalue weighted by molar-refractivity contribution is 7.92. The Bertz CT molecular complexity index is 818. The van der Waals surface area contributed by atoms with E-state index >= 15 is 0 Å². The number of ether oxygens (including phenoxy) is 1. The van der Waals surface area contributed by atoms with Crippen LogP contribution >= 0.6 is 11.6 Å². The summed E-state index contributed by atoms with van der Waals surface area (Å²) in [6.07, 6.45) is 3.05. The average molecular weight is 338 g/mol. The molecule has 2 aromatic rings. The van der Waals surface area contributed by atoms with Crippen LogP contribution in [0, 0.1) is 0 Å². The summed E-state index contributed by atoms with van der Waals surface area (Å²) < 4.78 is 32.6. The van der Waals surface area contributed by atoms with Gasteiger partial charge in [-0.3, -0.25) is 4.72 Å². The van der Waals surface area contributed by atoms with E-state index in [1.54, 1.807) is 24.3 Å². The van der Waals surface area contributed by atoms with E-state index in [4.69, 9.17) is 16.3 Å².